The van der Waals surface area contributed by atoms with Gasteiger partial charge in [0.1, 0.15) is 12.4 Å². The van der Waals surface area contributed by atoms with Crippen molar-refractivity contribution in [3.8, 4) is 5.75 Å². The van der Waals surface area contributed by atoms with Crippen molar-refractivity contribution in [3.63, 3.8) is 0 Å². The lowest BCUT2D eigenvalue weighted by molar-refractivity contribution is -0.119. The maximum absolute atomic E-state index is 12.2. The molecule has 0 radical (unpaired) electrons. The number of ether oxygens (including phenoxy) is 1. The molecule has 0 aliphatic rings. The van der Waals surface area contributed by atoms with Gasteiger partial charge in [0.15, 0.2) is 0 Å². The van der Waals surface area contributed by atoms with Gasteiger partial charge in [-0.2, -0.15) is 5.10 Å². The van der Waals surface area contributed by atoms with Gasteiger partial charge < -0.3 is 10.1 Å². The minimum atomic E-state index is -0.216. The molecule has 0 aromatic heterocycles. The SMILES string of the molecule is O=C(CNc1cccc2ccccc12)N/N=C\c1cc(I)c(OCc2ccccc2)c(I)c1. The molecule has 7 heteroatoms. The third-order valence-corrected chi connectivity index (χ3v) is 6.48. The van der Waals surface area contributed by atoms with E-state index in [0.29, 0.717) is 6.61 Å². The first kappa shape index (κ1) is 23.5. The zero-order valence-corrected chi connectivity index (χ0v) is 21.9. The van der Waals surface area contributed by atoms with E-state index in [1.54, 1.807) is 6.21 Å². The average Bonchev–Trinajstić information content (AvgIpc) is 2.83. The highest BCUT2D eigenvalue weighted by molar-refractivity contribution is 14.1. The summed E-state index contributed by atoms with van der Waals surface area (Å²) in [6.45, 7) is 0.646. The number of hydrazone groups is 1. The lowest BCUT2D eigenvalue weighted by Gasteiger charge is -2.11. The summed E-state index contributed by atoms with van der Waals surface area (Å²) in [5.41, 5.74) is 5.51. The first-order chi connectivity index (χ1) is 16.1. The van der Waals surface area contributed by atoms with E-state index in [1.807, 2.05) is 84.9 Å². The zero-order chi connectivity index (χ0) is 23.0. The number of carbonyl (C=O) groups is 1. The summed E-state index contributed by atoms with van der Waals surface area (Å²) in [5.74, 6) is 0.631. The molecule has 0 heterocycles. The first-order valence-electron chi connectivity index (χ1n) is 10.3. The van der Waals surface area contributed by atoms with Gasteiger partial charge in [0.2, 0.25) is 0 Å². The Balaban J connectivity index is 1.32. The molecular weight excluding hydrogens is 640 g/mol. The van der Waals surface area contributed by atoms with Crippen molar-refractivity contribution in [1.29, 1.82) is 0 Å². The highest BCUT2D eigenvalue weighted by Crippen LogP contribution is 2.29. The third-order valence-electron chi connectivity index (χ3n) is 4.88. The second-order valence-corrected chi connectivity index (χ2v) is 9.59. The van der Waals surface area contributed by atoms with E-state index in [0.717, 1.165) is 40.5 Å². The second kappa shape index (κ2) is 11.5. The predicted octanol–water partition coefficient (Wildman–Crippen LogP) is 6.19. The minimum absolute atomic E-state index is 0.132. The highest BCUT2D eigenvalue weighted by atomic mass is 127. The van der Waals surface area contributed by atoms with E-state index in [1.165, 1.54) is 0 Å². The van der Waals surface area contributed by atoms with Crippen LogP contribution in [0.3, 0.4) is 0 Å². The van der Waals surface area contributed by atoms with Crippen LogP contribution >= 0.6 is 45.2 Å². The summed E-state index contributed by atoms with van der Waals surface area (Å²) in [4.78, 5) is 12.2. The number of carbonyl (C=O) groups excluding carboxylic acids is 1. The zero-order valence-electron chi connectivity index (χ0n) is 17.6. The fourth-order valence-electron chi connectivity index (χ4n) is 3.30. The molecule has 0 aliphatic heterocycles. The molecule has 166 valence electrons. The third kappa shape index (κ3) is 6.44. The van der Waals surface area contributed by atoms with Crippen LogP contribution < -0.4 is 15.5 Å². The maximum atomic E-state index is 12.2. The first-order valence-corrected chi connectivity index (χ1v) is 12.5. The lowest BCUT2D eigenvalue weighted by atomic mass is 10.1. The van der Waals surface area contributed by atoms with Crippen LogP contribution in [0.5, 0.6) is 5.75 Å². The molecule has 33 heavy (non-hydrogen) atoms. The van der Waals surface area contributed by atoms with E-state index in [9.17, 15) is 4.79 Å². The van der Waals surface area contributed by atoms with Crippen LogP contribution in [-0.4, -0.2) is 18.7 Å². The van der Waals surface area contributed by atoms with Crippen molar-refractivity contribution < 1.29 is 9.53 Å². The normalized spacial score (nSPS) is 11.0. The van der Waals surface area contributed by atoms with E-state index in [-0.39, 0.29) is 12.5 Å². The van der Waals surface area contributed by atoms with Gasteiger partial charge in [-0.05, 0) is 79.9 Å². The maximum Gasteiger partial charge on any atom is 0.259 e. The number of fused-ring (bicyclic) bond motifs is 1. The van der Waals surface area contributed by atoms with Gasteiger partial charge in [-0.15, -0.1) is 0 Å². The van der Waals surface area contributed by atoms with E-state index >= 15 is 0 Å². The van der Waals surface area contributed by atoms with Crippen molar-refractivity contribution >= 4 is 73.8 Å². The second-order valence-electron chi connectivity index (χ2n) is 7.26. The van der Waals surface area contributed by atoms with Gasteiger partial charge in [0.05, 0.1) is 19.9 Å². The van der Waals surface area contributed by atoms with Crippen LogP contribution in [0.2, 0.25) is 0 Å². The Bertz CT molecular complexity index is 1260. The van der Waals surface area contributed by atoms with Gasteiger partial charge >= 0.3 is 0 Å². The molecule has 0 bridgehead atoms. The fourth-order valence-corrected chi connectivity index (χ4v) is 5.42. The quantitative estimate of drug-likeness (QED) is 0.135. The van der Waals surface area contributed by atoms with Crippen molar-refractivity contribution in [2.75, 3.05) is 11.9 Å². The molecule has 5 nitrogen and oxygen atoms in total. The molecule has 4 rings (SSSR count). The number of rotatable bonds is 8. The molecular formula is C26H21I2N3O2. The molecule has 0 unspecified atom stereocenters. The minimum Gasteiger partial charge on any atom is -0.487 e. The van der Waals surface area contributed by atoms with Crippen LogP contribution in [0.1, 0.15) is 11.1 Å². The Morgan fingerprint density at radius 1 is 0.909 bits per heavy atom. The largest absolute Gasteiger partial charge is 0.487 e. The molecule has 0 saturated heterocycles. The Kier molecular flexibility index (Phi) is 8.16. The summed E-state index contributed by atoms with van der Waals surface area (Å²) >= 11 is 4.51. The molecule has 4 aromatic rings. The highest BCUT2D eigenvalue weighted by Gasteiger charge is 2.09. The number of benzene rings is 4. The van der Waals surface area contributed by atoms with Crippen molar-refractivity contribution in [1.82, 2.24) is 5.43 Å². The Labute approximate surface area is 219 Å². The number of nitrogens with one attached hydrogen (secondary N) is 2. The van der Waals surface area contributed by atoms with Gasteiger partial charge in [-0.3, -0.25) is 4.79 Å². The van der Waals surface area contributed by atoms with E-state index in [4.69, 9.17) is 4.74 Å². The van der Waals surface area contributed by atoms with Gasteiger partial charge in [-0.1, -0.05) is 66.7 Å². The molecule has 1 amide bonds. The predicted molar refractivity (Wildman–Crippen MR) is 151 cm³/mol. The van der Waals surface area contributed by atoms with Gasteiger partial charge in [-0.25, -0.2) is 5.43 Å². The van der Waals surface area contributed by atoms with Crippen LogP contribution in [0.25, 0.3) is 10.8 Å². The summed E-state index contributed by atoms with van der Waals surface area (Å²) < 4.78 is 7.99. The fraction of sp³-hybridized carbons (Fsp3) is 0.0769. The molecule has 0 fully saturated rings. The van der Waals surface area contributed by atoms with Crippen LogP contribution in [0, 0.1) is 7.14 Å². The van der Waals surface area contributed by atoms with Gasteiger partial charge in [0.25, 0.3) is 5.91 Å². The number of halogens is 2. The lowest BCUT2D eigenvalue weighted by Crippen LogP contribution is -2.25. The molecule has 0 saturated carbocycles. The van der Waals surface area contributed by atoms with Crippen LogP contribution in [-0.2, 0) is 11.4 Å². The van der Waals surface area contributed by atoms with Crippen LogP contribution in [0.15, 0.2) is 90.0 Å². The van der Waals surface area contributed by atoms with Crippen molar-refractivity contribution in [3.05, 3.63) is 103 Å². The molecule has 0 spiro atoms. The Hall–Kier alpha value is -2.66. The van der Waals surface area contributed by atoms with E-state index < -0.39 is 0 Å². The summed E-state index contributed by atoms with van der Waals surface area (Å²) in [6.07, 6.45) is 1.64. The molecule has 4 aromatic carbocycles. The number of nitrogens with zero attached hydrogens (tertiary/aromatic N) is 1. The Morgan fingerprint density at radius 3 is 2.39 bits per heavy atom. The molecule has 0 atom stereocenters. The number of hydrogen-bond acceptors (Lipinski definition) is 4. The van der Waals surface area contributed by atoms with E-state index in [2.05, 4.69) is 61.0 Å². The number of hydrogen-bond donors (Lipinski definition) is 2. The standard InChI is InChI=1S/C26H21I2N3O2/c27-22-13-19(14-23(28)26(22)33-17-18-7-2-1-3-8-18)15-30-31-25(32)16-29-24-12-6-10-20-9-4-5-11-21(20)24/h1-15,29H,16-17H2,(H,31,32)/b30-15-. The summed E-state index contributed by atoms with van der Waals surface area (Å²) in [7, 11) is 0. The van der Waals surface area contributed by atoms with Crippen molar-refractivity contribution in [2.24, 2.45) is 5.10 Å². The monoisotopic (exact) mass is 661 g/mol. The summed E-state index contributed by atoms with van der Waals surface area (Å²) in [6, 6.07) is 28.1. The molecule has 2 N–H and O–H groups in total. The number of amides is 1. The smallest absolute Gasteiger partial charge is 0.259 e. The summed E-state index contributed by atoms with van der Waals surface area (Å²) in [5, 5.41) is 9.50. The Morgan fingerprint density at radius 2 is 1.61 bits per heavy atom. The molecule has 0 aliphatic carbocycles. The van der Waals surface area contributed by atoms with Crippen LogP contribution in [0.4, 0.5) is 5.69 Å². The number of anilines is 1. The average molecular weight is 661 g/mol. The van der Waals surface area contributed by atoms with Gasteiger partial charge in [0, 0.05) is 11.1 Å². The van der Waals surface area contributed by atoms with Crippen molar-refractivity contribution in [2.45, 2.75) is 6.61 Å². The topological polar surface area (TPSA) is 62.7 Å².